The lowest BCUT2D eigenvalue weighted by molar-refractivity contribution is -0.150. The van der Waals surface area contributed by atoms with Crippen LogP contribution < -0.4 is 20.1 Å². The van der Waals surface area contributed by atoms with E-state index in [1.54, 1.807) is 59.4 Å². The average Bonchev–Trinajstić information content (AvgIpc) is 3.37. The normalized spacial score (nSPS) is 23.0. The van der Waals surface area contributed by atoms with E-state index in [4.69, 9.17) is 9.47 Å². The number of aryl methyl sites for hydroxylation is 1. The first-order valence-electron chi connectivity index (χ1n) is 12.3. The highest BCUT2D eigenvalue weighted by atomic mass is 16.5. The number of ether oxygens (including phenoxy) is 2. The molecule has 2 aromatic carbocycles. The maximum atomic E-state index is 13.8. The third-order valence-corrected chi connectivity index (χ3v) is 6.92. The first-order valence-corrected chi connectivity index (χ1v) is 12.3. The second-order valence-electron chi connectivity index (χ2n) is 9.49. The molecule has 38 heavy (non-hydrogen) atoms. The molecule has 1 aliphatic rings. The van der Waals surface area contributed by atoms with Crippen molar-refractivity contribution in [3.05, 3.63) is 66.5 Å². The molecular formula is C28H32N4O6. The van der Waals surface area contributed by atoms with Gasteiger partial charge in [-0.3, -0.25) is 19.1 Å². The van der Waals surface area contributed by atoms with Gasteiger partial charge in [0.05, 0.1) is 43.3 Å². The molecule has 1 aromatic heterocycles. The molecule has 0 unspecified atom stereocenters. The predicted molar refractivity (Wildman–Crippen MR) is 141 cm³/mol. The second-order valence-corrected chi connectivity index (χ2v) is 9.49. The number of hydrogen-bond acceptors (Lipinski definition) is 7. The van der Waals surface area contributed by atoms with Crippen molar-refractivity contribution in [1.82, 2.24) is 9.78 Å². The Balaban J connectivity index is 1.77. The van der Waals surface area contributed by atoms with Crippen LogP contribution in [0.4, 0.5) is 11.4 Å². The third-order valence-electron chi connectivity index (χ3n) is 6.92. The Kier molecular flexibility index (Phi) is 7.82. The van der Waals surface area contributed by atoms with Crippen molar-refractivity contribution in [2.75, 3.05) is 24.9 Å². The number of para-hydroxylation sites is 4. The van der Waals surface area contributed by atoms with Gasteiger partial charge in [0.25, 0.3) is 0 Å². The maximum absolute atomic E-state index is 13.8. The van der Waals surface area contributed by atoms with E-state index in [0.717, 1.165) is 0 Å². The number of amides is 2. The smallest absolute Gasteiger partial charge is 0.235 e. The Morgan fingerprint density at radius 1 is 1.03 bits per heavy atom. The summed E-state index contributed by atoms with van der Waals surface area (Å²) >= 11 is 0. The molecule has 4 atom stereocenters. The highest BCUT2D eigenvalue weighted by molar-refractivity contribution is 6.11. The number of hydrogen-bond donors (Lipinski definition) is 3. The fraction of sp³-hybridized carbons (Fsp3) is 0.357. The molecule has 1 fully saturated rings. The van der Waals surface area contributed by atoms with Gasteiger partial charge in [-0.05, 0) is 43.7 Å². The molecule has 200 valence electrons. The fourth-order valence-electron chi connectivity index (χ4n) is 5.13. The van der Waals surface area contributed by atoms with E-state index in [-0.39, 0.29) is 6.42 Å². The molecule has 0 aliphatic heterocycles. The summed E-state index contributed by atoms with van der Waals surface area (Å²) in [7, 11) is 2.97. The van der Waals surface area contributed by atoms with Gasteiger partial charge in [0.15, 0.2) is 0 Å². The highest BCUT2D eigenvalue weighted by Gasteiger charge is 2.56. The number of Topliss-reactive ketones (excluding diaryl/α,β-unsaturated/α-hetero) is 1. The highest BCUT2D eigenvalue weighted by Crippen LogP contribution is 2.47. The van der Waals surface area contributed by atoms with Gasteiger partial charge < -0.3 is 25.2 Å². The van der Waals surface area contributed by atoms with Gasteiger partial charge in [-0.2, -0.15) is 5.10 Å². The summed E-state index contributed by atoms with van der Waals surface area (Å²) in [4.78, 5) is 41.0. The summed E-state index contributed by atoms with van der Waals surface area (Å²) in [6.07, 6.45) is 2.86. The van der Waals surface area contributed by atoms with Gasteiger partial charge >= 0.3 is 0 Å². The van der Waals surface area contributed by atoms with Crippen LogP contribution in [0, 0.1) is 11.8 Å². The Morgan fingerprint density at radius 3 is 2.11 bits per heavy atom. The Morgan fingerprint density at radius 2 is 1.58 bits per heavy atom. The predicted octanol–water partition coefficient (Wildman–Crippen LogP) is 3.24. The SMILES string of the molecule is CCn1cc([C@H]2[C@@H](C(=O)Nc3ccccc3OC)C(=O)C[C@@](C)(O)[C@@H]2C(=O)Nc2ccccc2OC)cn1. The summed E-state index contributed by atoms with van der Waals surface area (Å²) in [6.45, 7) is 3.90. The molecule has 1 saturated carbocycles. The molecule has 3 aromatic rings. The molecule has 0 bridgehead atoms. The van der Waals surface area contributed by atoms with Crippen LogP contribution in [0.3, 0.4) is 0 Å². The second kappa shape index (κ2) is 11.1. The van der Waals surface area contributed by atoms with Crippen molar-refractivity contribution in [3.63, 3.8) is 0 Å². The van der Waals surface area contributed by atoms with E-state index in [9.17, 15) is 19.5 Å². The Labute approximate surface area is 220 Å². The van der Waals surface area contributed by atoms with E-state index >= 15 is 0 Å². The molecule has 1 heterocycles. The molecule has 1 aliphatic carbocycles. The number of methoxy groups -OCH3 is 2. The van der Waals surface area contributed by atoms with Gasteiger partial charge in [-0.1, -0.05) is 24.3 Å². The number of carbonyl (C=O) groups is 3. The zero-order valence-corrected chi connectivity index (χ0v) is 21.8. The molecule has 3 N–H and O–H groups in total. The number of nitrogens with zero attached hydrogens (tertiary/aromatic N) is 2. The quantitative estimate of drug-likeness (QED) is 0.389. The van der Waals surface area contributed by atoms with Gasteiger partial charge in [-0.15, -0.1) is 0 Å². The van der Waals surface area contributed by atoms with Crippen LogP contribution in [-0.2, 0) is 20.9 Å². The van der Waals surface area contributed by atoms with Crippen LogP contribution in [0.2, 0.25) is 0 Å². The molecule has 2 amide bonds. The van der Waals surface area contributed by atoms with Crippen LogP contribution in [0.1, 0.15) is 31.7 Å². The minimum atomic E-state index is -1.73. The van der Waals surface area contributed by atoms with Crippen LogP contribution in [-0.4, -0.2) is 52.3 Å². The molecule has 10 nitrogen and oxygen atoms in total. The van der Waals surface area contributed by atoms with Crippen LogP contribution in [0.5, 0.6) is 11.5 Å². The van der Waals surface area contributed by atoms with Crippen LogP contribution >= 0.6 is 0 Å². The van der Waals surface area contributed by atoms with Gasteiger partial charge in [0.1, 0.15) is 23.2 Å². The van der Waals surface area contributed by atoms with Crippen molar-refractivity contribution < 1.29 is 29.0 Å². The number of aliphatic hydroxyl groups is 1. The van der Waals surface area contributed by atoms with E-state index in [1.165, 1.54) is 27.3 Å². The minimum Gasteiger partial charge on any atom is -0.495 e. The summed E-state index contributed by atoms with van der Waals surface area (Å²) < 4.78 is 12.3. The fourth-order valence-corrected chi connectivity index (χ4v) is 5.13. The molecule has 0 spiro atoms. The van der Waals surface area contributed by atoms with Gasteiger partial charge in [0, 0.05) is 25.1 Å². The molecule has 4 rings (SSSR count). The molecular weight excluding hydrogens is 488 g/mol. The van der Waals surface area contributed by atoms with E-state index < -0.39 is 41.0 Å². The number of carbonyl (C=O) groups excluding carboxylic acids is 3. The lowest BCUT2D eigenvalue weighted by Crippen LogP contribution is -2.56. The monoisotopic (exact) mass is 520 g/mol. The van der Waals surface area contributed by atoms with Crippen LogP contribution in [0.25, 0.3) is 0 Å². The number of aromatic nitrogens is 2. The largest absolute Gasteiger partial charge is 0.495 e. The topological polar surface area (TPSA) is 132 Å². The number of benzene rings is 2. The molecule has 0 saturated heterocycles. The summed E-state index contributed by atoms with van der Waals surface area (Å²) in [6, 6.07) is 13.7. The molecule has 10 heteroatoms. The lowest BCUT2D eigenvalue weighted by atomic mass is 9.61. The van der Waals surface area contributed by atoms with Crippen molar-refractivity contribution in [1.29, 1.82) is 0 Å². The van der Waals surface area contributed by atoms with Crippen molar-refractivity contribution in [2.24, 2.45) is 11.8 Å². The lowest BCUT2D eigenvalue weighted by Gasteiger charge is -2.44. The Hall–Kier alpha value is -4.18. The Bertz CT molecular complexity index is 1330. The van der Waals surface area contributed by atoms with Crippen molar-refractivity contribution in [2.45, 2.75) is 38.3 Å². The number of rotatable bonds is 8. The van der Waals surface area contributed by atoms with Crippen molar-refractivity contribution >= 4 is 29.0 Å². The summed E-state index contributed by atoms with van der Waals surface area (Å²) in [5.41, 5.74) is -0.432. The van der Waals surface area contributed by atoms with Crippen molar-refractivity contribution in [3.8, 4) is 11.5 Å². The zero-order chi connectivity index (χ0) is 27.4. The number of anilines is 2. The molecule has 0 radical (unpaired) electrons. The average molecular weight is 521 g/mol. The van der Waals surface area contributed by atoms with Crippen LogP contribution in [0.15, 0.2) is 60.9 Å². The minimum absolute atomic E-state index is 0.376. The number of nitrogens with one attached hydrogen (secondary N) is 2. The van der Waals surface area contributed by atoms with E-state index in [0.29, 0.717) is 35.0 Å². The first kappa shape index (κ1) is 26.9. The first-order chi connectivity index (χ1) is 18.2. The summed E-state index contributed by atoms with van der Waals surface area (Å²) in [5.74, 6) is -4.16. The van der Waals surface area contributed by atoms with Gasteiger partial charge in [0.2, 0.25) is 11.8 Å². The zero-order valence-electron chi connectivity index (χ0n) is 21.8. The van der Waals surface area contributed by atoms with Gasteiger partial charge in [-0.25, -0.2) is 0 Å². The maximum Gasteiger partial charge on any atom is 0.235 e. The summed E-state index contributed by atoms with van der Waals surface area (Å²) in [5, 5.41) is 21.4. The third kappa shape index (κ3) is 5.26. The number of ketones is 1. The van der Waals surface area contributed by atoms with E-state index in [1.807, 2.05) is 6.92 Å². The van der Waals surface area contributed by atoms with E-state index in [2.05, 4.69) is 15.7 Å². The standard InChI is InChI=1S/C28H32N4O6/c1-5-32-16-17(15-29-32)23-24(26(34)30-18-10-6-8-12-21(18)37-3)20(33)14-28(2,36)25(23)27(35)31-19-11-7-9-13-22(19)38-4/h6-13,15-16,23-25,36H,5,14H2,1-4H3,(H,30,34)(H,31,35)/t23-,24-,25-,28+/m0/s1.